The number of carbonyl (C=O) groups is 1. The fourth-order valence-corrected chi connectivity index (χ4v) is 6.35. The third-order valence-electron chi connectivity index (χ3n) is 6.98. The van der Waals surface area contributed by atoms with Gasteiger partial charge in [-0.1, -0.05) is 38.5 Å². The van der Waals surface area contributed by atoms with Crippen molar-refractivity contribution < 1.29 is 9.53 Å². The SMILES string of the molecule is COC(=O)CCCCCCCCCC12CC3CC(CC(C3)C1)C2. The predicted octanol–water partition coefficient (Wildman–Crippen LogP) is 5.89. The molecule has 0 radical (unpaired) electrons. The summed E-state index contributed by atoms with van der Waals surface area (Å²) in [7, 11) is 1.48. The third-order valence-corrected chi connectivity index (χ3v) is 6.98. The summed E-state index contributed by atoms with van der Waals surface area (Å²) in [6, 6.07) is 0. The highest BCUT2D eigenvalue weighted by molar-refractivity contribution is 5.68. The molecule has 0 atom stereocenters. The van der Waals surface area contributed by atoms with Gasteiger partial charge in [0.2, 0.25) is 0 Å². The van der Waals surface area contributed by atoms with Crippen molar-refractivity contribution in [2.24, 2.45) is 23.2 Å². The van der Waals surface area contributed by atoms with E-state index >= 15 is 0 Å². The summed E-state index contributed by atoms with van der Waals surface area (Å²) in [6.45, 7) is 0. The van der Waals surface area contributed by atoms with Gasteiger partial charge in [0.05, 0.1) is 7.11 Å². The molecule has 132 valence electrons. The maximum absolute atomic E-state index is 11.0. The van der Waals surface area contributed by atoms with Crippen molar-refractivity contribution in [3.8, 4) is 0 Å². The summed E-state index contributed by atoms with van der Waals surface area (Å²) in [4.78, 5) is 11.0. The van der Waals surface area contributed by atoms with Gasteiger partial charge in [-0.2, -0.15) is 0 Å². The van der Waals surface area contributed by atoms with Gasteiger partial charge in [-0.15, -0.1) is 0 Å². The smallest absolute Gasteiger partial charge is 0.305 e. The van der Waals surface area contributed by atoms with E-state index in [1.807, 2.05) is 0 Å². The van der Waals surface area contributed by atoms with Crippen LogP contribution in [0.1, 0.15) is 96.3 Å². The van der Waals surface area contributed by atoms with Gasteiger partial charge in [-0.25, -0.2) is 0 Å². The number of carbonyl (C=O) groups excluding carboxylic acids is 1. The van der Waals surface area contributed by atoms with Gasteiger partial charge < -0.3 is 4.74 Å². The van der Waals surface area contributed by atoms with Crippen LogP contribution in [0.25, 0.3) is 0 Å². The number of hydrogen-bond acceptors (Lipinski definition) is 2. The van der Waals surface area contributed by atoms with E-state index in [1.54, 1.807) is 38.5 Å². The molecular formula is C21H36O2. The van der Waals surface area contributed by atoms with Crippen molar-refractivity contribution in [3.05, 3.63) is 0 Å². The Morgan fingerprint density at radius 3 is 1.83 bits per heavy atom. The fraction of sp³-hybridized carbons (Fsp3) is 0.952. The van der Waals surface area contributed by atoms with Crippen molar-refractivity contribution >= 4 is 5.97 Å². The Kier molecular flexibility index (Phi) is 6.04. The van der Waals surface area contributed by atoms with Crippen LogP contribution in [0.15, 0.2) is 0 Å². The van der Waals surface area contributed by atoms with Crippen LogP contribution in [0.5, 0.6) is 0 Å². The van der Waals surface area contributed by atoms with Crippen LogP contribution >= 0.6 is 0 Å². The molecule has 0 aromatic heterocycles. The first-order valence-electron chi connectivity index (χ1n) is 10.3. The van der Waals surface area contributed by atoms with E-state index in [0.717, 1.165) is 29.6 Å². The van der Waals surface area contributed by atoms with Crippen LogP contribution in [-0.2, 0) is 9.53 Å². The molecule has 0 aliphatic heterocycles. The van der Waals surface area contributed by atoms with Gasteiger partial charge in [0.15, 0.2) is 0 Å². The summed E-state index contributed by atoms with van der Waals surface area (Å²) >= 11 is 0. The molecule has 0 N–H and O–H groups in total. The molecule has 2 heteroatoms. The van der Waals surface area contributed by atoms with E-state index < -0.39 is 0 Å². The first kappa shape index (κ1) is 17.3. The van der Waals surface area contributed by atoms with Crippen LogP contribution in [0.3, 0.4) is 0 Å². The molecule has 4 aliphatic rings. The quantitative estimate of drug-likeness (QED) is 0.371. The molecular weight excluding hydrogens is 284 g/mol. The van der Waals surface area contributed by atoms with E-state index in [9.17, 15) is 4.79 Å². The Bertz CT molecular complexity index is 352. The highest BCUT2D eigenvalue weighted by Crippen LogP contribution is 2.61. The first-order valence-corrected chi connectivity index (χ1v) is 10.3. The number of methoxy groups -OCH3 is 1. The lowest BCUT2D eigenvalue weighted by molar-refractivity contribution is -0.140. The summed E-state index contributed by atoms with van der Waals surface area (Å²) in [6.07, 6.45) is 20.7. The molecule has 0 unspecified atom stereocenters. The Balaban J connectivity index is 1.22. The van der Waals surface area contributed by atoms with E-state index in [-0.39, 0.29) is 5.97 Å². The van der Waals surface area contributed by atoms with Gasteiger partial charge in [0.1, 0.15) is 0 Å². The summed E-state index contributed by atoms with van der Waals surface area (Å²) < 4.78 is 4.67. The molecule has 2 nitrogen and oxygen atoms in total. The first-order chi connectivity index (χ1) is 11.2. The minimum Gasteiger partial charge on any atom is -0.469 e. The zero-order valence-corrected chi connectivity index (χ0v) is 15.2. The average molecular weight is 321 g/mol. The lowest BCUT2D eigenvalue weighted by atomic mass is 9.48. The van der Waals surface area contributed by atoms with Crippen molar-refractivity contribution in [2.75, 3.05) is 7.11 Å². The fourth-order valence-electron chi connectivity index (χ4n) is 6.35. The van der Waals surface area contributed by atoms with Gasteiger partial charge in [0, 0.05) is 6.42 Å². The zero-order valence-electron chi connectivity index (χ0n) is 15.2. The predicted molar refractivity (Wildman–Crippen MR) is 94.2 cm³/mol. The number of hydrogen-bond donors (Lipinski definition) is 0. The molecule has 4 bridgehead atoms. The largest absolute Gasteiger partial charge is 0.469 e. The van der Waals surface area contributed by atoms with Gasteiger partial charge >= 0.3 is 5.97 Å². The Hall–Kier alpha value is -0.530. The molecule has 4 rings (SSSR count). The molecule has 0 heterocycles. The summed E-state index contributed by atoms with van der Waals surface area (Å²) in [5.74, 6) is 3.27. The monoisotopic (exact) mass is 320 g/mol. The lowest BCUT2D eigenvalue weighted by Crippen LogP contribution is -2.45. The zero-order chi connectivity index (χ0) is 16.1. The van der Waals surface area contributed by atoms with E-state index in [2.05, 4.69) is 4.74 Å². The van der Waals surface area contributed by atoms with Crippen molar-refractivity contribution in [1.29, 1.82) is 0 Å². The third kappa shape index (κ3) is 4.73. The maximum Gasteiger partial charge on any atom is 0.305 e. The molecule has 0 aromatic carbocycles. The van der Waals surface area contributed by atoms with Crippen molar-refractivity contribution in [2.45, 2.75) is 96.3 Å². The van der Waals surface area contributed by atoms with Crippen LogP contribution in [-0.4, -0.2) is 13.1 Å². The normalized spacial score (nSPS) is 34.7. The standard InChI is InChI=1S/C21H36O2/c1-23-20(22)9-7-5-3-2-4-6-8-10-21-14-17-11-18(15-21)13-19(12-17)16-21/h17-19H,2-16H2,1H3. The second-order valence-corrected chi connectivity index (χ2v) is 8.97. The molecule has 23 heavy (non-hydrogen) atoms. The van der Waals surface area contributed by atoms with Crippen LogP contribution in [0.2, 0.25) is 0 Å². The van der Waals surface area contributed by atoms with Gasteiger partial charge in [0.25, 0.3) is 0 Å². The molecule has 0 saturated heterocycles. The number of rotatable bonds is 10. The highest BCUT2D eigenvalue weighted by atomic mass is 16.5. The minimum atomic E-state index is -0.0550. The highest BCUT2D eigenvalue weighted by Gasteiger charge is 2.50. The Morgan fingerprint density at radius 2 is 1.30 bits per heavy atom. The van der Waals surface area contributed by atoms with Gasteiger partial charge in [-0.3, -0.25) is 4.79 Å². The molecule has 4 saturated carbocycles. The van der Waals surface area contributed by atoms with Crippen molar-refractivity contribution in [1.82, 2.24) is 0 Å². The maximum atomic E-state index is 11.0. The van der Waals surface area contributed by atoms with Gasteiger partial charge in [-0.05, 0) is 74.5 Å². The van der Waals surface area contributed by atoms with Crippen molar-refractivity contribution in [3.63, 3.8) is 0 Å². The second kappa shape index (κ2) is 8.03. The number of esters is 1. The lowest BCUT2D eigenvalue weighted by Gasteiger charge is -2.57. The minimum absolute atomic E-state index is 0.0550. The van der Waals surface area contributed by atoms with E-state index in [0.29, 0.717) is 6.42 Å². The van der Waals surface area contributed by atoms with E-state index in [1.165, 1.54) is 52.1 Å². The summed E-state index contributed by atoms with van der Waals surface area (Å²) in [5.41, 5.74) is 0.787. The van der Waals surface area contributed by atoms with Crippen LogP contribution in [0, 0.1) is 23.2 Å². The van der Waals surface area contributed by atoms with E-state index in [4.69, 9.17) is 0 Å². The molecule has 4 aliphatic carbocycles. The summed E-state index contributed by atoms with van der Waals surface area (Å²) in [5, 5.41) is 0. The number of ether oxygens (including phenoxy) is 1. The molecule has 0 amide bonds. The molecule has 0 aromatic rings. The number of unbranched alkanes of at least 4 members (excludes halogenated alkanes) is 6. The van der Waals surface area contributed by atoms with Crippen LogP contribution < -0.4 is 0 Å². The topological polar surface area (TPSA) is 26.3 Å². The Morgan fingerprint density at radius 1 is 0.826 bits per heavy atom. The van der Waals surface area contributed by atoms with Crippen LogP contribution in [0.4, 0.5) is 0 Å². The Labute approximate surface area is 142 Å². The molecule has 0 spiro atoms. The molecule has 4 fully saturated rings. The average Bonchev–Trinajstić information content (AvgIpc) is 2.51. The second-order valence-electron chi connectivity index (χ2n) is 8.97.